The Hall–Kier alpha value is -0.770. The van der Waals surface area contributed by atoms with E-state index in [1.165, 1.54) is 0 Å². The molecule has 11 heavy (non-hydrogen) atoms. The molecular formula is C7H16N2O2. The van der Waals surface area contributed by atoms with Crippen molar-refractivity contribution in [1.29, 1.82) is 0 Å². The van der Waals surface area contributed by atoms with Gasteiger partial charge in [0.15, 0.2) is 0 Å². The summed E-state index contributed by atoms with van der Waals surface area (Å²) in [5, 5.41) is 2.58. The number of alkyl carbamates (subject to hydrolysis) is 1. The summed E-state index contributed by atoms with van der Waals surface area (Å²) in [5.41, 5.74) is 0. The fourth-order valence-electron chi connectivity index (χ4n) is 1.05. The molecule has 1 aliphatic heterocycles. The average Bonchev–Trinajstić information content (AvgIpc) is 1.85. The number of nitrogens with one attached hydrogen (secondary N) is 1. The molecule has 0 aromatic carbocycles. The van der Waals surface area contributed by atoms with Crippen LogP contribution in [-0.4, -0.2) is 43.8 Å². The quantitative estimate of drug-likeness (QED) is 0.631. The van der Waals surface area contributed by atoms with Crippen LogP contribution >= 0.6 is 0 Å². The number of carbonyl (C=O) groups excluding carboxylic acids is 1. The average molecular weight is 160 g/mol. The van der Waals surface area contributed by atoms with Crippen LogP contribution in [0.3, 0.4) is 0 Å². The third kappa shape index (κ3) is 2.38. The molecule has 0 aromatic heterocycles. The van der Waals surface area contributed by atoms with Crippen molar-refractivity contribution in [3.8, 4) is 0 Å². The smallest absolute Gasteiger partial charge is 0.407 e. The van der Waals surface area contributed by atoms with Gasteiger partial charge in [0, 0.05) is 21.1 Å². The van der Waals surface area contributed by atoms with Crippen LogP contribution in [0.4, 0.5) is 4.79 Å². The molecule has 1 saturated heterocycles. The number of nitrogens with zero attached hydrogens (tertiary/aromatic N) is 1. The Kier molecular flexibility index (Phi) is 2.70. The van der Waals surface area contributed by atoms with Crippen molar-refractivity contribution < 1.29 is 11.0 Å². The second kappa shape index (κ2) is 3.57. The first-order valence-corrected chi connectivity index (χ1v) is 3.85. The largest absolute Gasteiger partial charge is 0.444 e. The maximum Gasteiger partial charge on any atom is 0.407 e. The number of hydrogen-bond donors (Lipinski definition) is 1. The van der Waals surface area contributed by atoms with E-state index < -0.39 is 0 Å². The molecule has 1 fully saturated rings. The van der Waals surface area contributed by atoms with E-state index in [4.69, 9.17) is 4.74 Å². The Balaban J connectivity index is 0.00000121. The zero-order chi connectivity index (χ0) is 8.27. The van der Waals surface area contributed by atoms with Gasteiger partial charge in [0.1, 0.15) is 6.10 Å². The van der Waals surface area contributed by atoms with Crippen LogP contribution in [0.5, 0.6) is 0 Å². The van der Waals surface area contributed by atoms with E-state index in [0.717, 1.165) is 13.1 Å². The lowest BCUT2D eigenvalue weighted by Crippen LogP contribution is -2.51. The van der Waals surface area contributed by atoms with Crippen molar-refractivity contribution in [3.05, 3.63) is 0 Å². The lowest BCUT2D eigenvalue weighted by molar-refractivity contribution is 0.000921. The molecular weight excluding hydrogens is 144 g/mol. The van der Waals surface area contributed by atoms with Crippen molar-refractivity contribution in [2.45, 2.75) is 13.0 Å². The monoisotopic (exact) mass is 160 g/mol. The Labute approximate surface area is 68.0 Å². The van der Waals surface area contributed by atoms with E-state index in [-0.39, 0.29) is 13.6 Å². The van der Waals surface area contributed by atoms with E-state index in [9.17, 15) is 4.79 Å². The SMILES string of the molecule is CCNC(=O)OC1CN(C)C1.[HH]. The Morgan fingerprint density at radius 1 is 1.82 bits per heavy atom. The summed E-state index contributed by atoms with van der Waals surface area (Å²) >= 11 is 0. The van der Waals surface area contributed by atoms with Gasteiger partial charge in [-0.25, -0.2) is 4.79 Å². The highest BCUT2D eigenvalue weighted by Crippen LogP contribution is 2.07. The van der Waals surface area contributed by atoms with Crippen LogP contribution < -0.4 is 5.32 Å². The molecule has 1 rings (SSSR count). The Morgan fingerprint density at radius 2 is 2.45 bits per heavy atom. The van der Waals surface area contributed by atoms with Crippen molar-refractivity contribution in [2.75, 3.05) is 26.7 Å². The number of carbonyl (C=O) groups is 1. The molecule has 0 atom stereocenters. The summed E-state index contributed by atoms with van der Waals surface area (Å²) in [6.45, 7) is 4.21. The van der Waals surface area contributed by atoms with Crippen LogP contribution in [0.1, 0.15) is 8.35 Å². The number of rotatable bonds is 2. The van der Waals surface area contributed by atoms with E-state index >= 15 is 0 Å². The molecule has 0 saturated carbocycles. The van der Waals surface area contributed by atoms with Gasteiger partial charge in [-0.2, -0.15) is 0 Å². The second-order valence-electron chi connectivity index (χ2n) is 2.78. The summed E-state index contributed by atoms with van der Waals surface area (Å²) in [6, 6.07) is 0. The summed E-state index contributed by atoms with van der Waals surface area (Å²) in [5.74, 6) is 0. The lowest BCUT2D eigenvalue weighted by Gasteiger charge is -2.35. The normalized spacial score (nSPS) is 19.1. The van der Waals surface area contributed by atoms with Gasteiger partial charge >= 0.3 is 6.09 Å². The molecule has 0 aliphatic carbocycles. The first-order valence-electron chi connectivity index (χ1n) is 3.85. The van der Waals surface area contributed by atoms with E-state index in [2.05, 4.69) is 10.2 Å². The zero-order valence-electron chi connectivity index (χ0n) is 6.96. The van der Waals surface area contributed by atoms with E-state index in [1.807, 2.05) is 14.0 Å². The van der Waals surface area contributed by atoms with E-state index in [0.29, 0.717) is 6.54 Å². The van der Waals surface area contributed by atoms with Crippen LogP contribution in [-0.2, 0) is 4.74 Å². The van der Waals surface area contributed by atoms with E-state index in [1.54, 1.807) is 0 Å². The first kappa shape index (κ1) is 8.33. The number of hydrogen-bond acceptors (Lipinski definition) is 3. The molecule has 4 heteroatoms. The molecule has 4 nitrogen and oxygen atoms in total. The number of likely N-dealkylation sites (N-methyl/N-ethyl adjacent to an activating group) is 1. The lowest BCUT2D eigenvalue weighted by atomic mass is 10.2. The predicted octanol–water partition coefficient (Wildman–Crippen LogP) is 0.292. The minimum absolute atomic E-state index is 0. The maximum atomic E-state index is 10.8. The van der Waals surface area contributed by atoms with Gasteiger partial charge in [-0.05, 0) is 14.0 Å². The fraction of sp³-hybridized carbons (Fsp3) is 0.857. The summed E-state index contributed by atoms with van der Waals surface area (Å²) in [4.78, 5) is 12.9. The molecule has 66 valence electrons. The Bertz CT molecular complexity index is 148. The molecule has 0 bridgehead atoms. The van der Waals surface area contributed by atoms with Gasteiger partial charge < -0.3 is 10.1 Å². The highest BCUT2D eigenvalue weighted by molar-refractivity contribution is 5.67. The zero-order valence-corrected chi connectivity index (χ0v) is 6.96. The van der Waals surface area contributed by atoms with Crippen LogP contribution in [0.25, 0.3) is 0 Å². The Morgan fingerprint density at radius 3 is 2.91 bits per heavy atom. The third-order valence-corrected chi connectivity index (χ3v) is 1.63. The maximum absolute atomic E-state index is 10.8. The van der Waals surface area contributed by atoms with Gasteiger partial charge in [-0.15, -0.1) is 0 Å². The van der Waals surface area contributed by atoms with Gasteiger partial charge in [0.2, 0.25) is 0 Å². The number of ether oxygens (including phenoxy) is 1. The molecule has 0 aromatic rings. The molecule has 0 spiro atoms. The molecule has 0 radical (unpaired) electrons. The second-order valence-corrected chi connectivity index (χ2v) is 2.78. The van der Waals surface area contributed by atoms with Crippen molar-refractivity contribution in [3.63, 3.8) is 0 Å². The van der Waals surface area contributed by atoms with Gasteiger partial charge in [-0.1, -0.05) is 0 Å². The minimum Gasteiger partial charge on any atom is -0.444 e. The van der Waals surface area contributed by atoms with Crippen molar-refractivity contribution in [2.24, 2.45) is 0 Å². The van der Waals surface area contributed by atoms with Gasteiger partial charge in [-0.3, -0.25) is 4.90 Å². The minimum atomic E-state index is -0.300. The van der Waals surface area contributed by atoms with Crippen LogP contribution in [0.2, 0.25) is 0 Å². The summed E-state index contributed by atoms with van der Waals surface area (Å²) in [6.07, 6.45) is -0.197. The number of amides is 1. The topological polar surface area (TPSA) is 41.6 Å². The van der Waals surface area contributed by atoms with Gasteiger partial charge in [0.05, 0.1) is 0 Å². The molecule has 0 unspecified atom stereocenters. The standard InChI is InChI=1S/C7H14N2O2.H2/c1-3-8-7(10)11-6-4-9(2)5-6;/h6H,3-5H2,1-2H3,(H,8,10);1H. The summed E-state index contributed by atoms with van der Waals surface area (Å²) in [7, 11) is 2.00. The first-order chi connectivity index (χ1) is 5.22. The van der Waals surface area contributed by atoms with Crippen LogP contribution in [0, 0.1) is 0 Å². The highest BCUT2D eigenvalue weighted by atomic mass is 16.6. The molecule has 1 amide bonds. The molecule has 1 N–H and O–H groups in total. The van der Waals surface area contributed by atoms with Crippen LogP contribution in [0.15, 0.2) is 0 Å². The highest BCUT2D eigenvalue weighted by Gasteiger charge is 2.26. The fourth-order valence-corrected chi connectivity index (χ4v) is 1.05. The molecule has 1 aliphatic rings. The molecule has 1 heterocycles. The third-order valence-electron chi connectivity index (χ3n) is 1.63. The van der Waals surface area contributed by atoms with Crippen molar-refractivity contribution >= 4 is 6.09 Å². The number of likely N-dealkylation sites (tertiary alicyclic amines) is 1. The summed E-state index contributed by atoms with van der Waals surface area (Å²) < 4.78 is 5.01. The van der Waals surface area contributed by atoms with Gasteiger partial charge in [0.25, 0.3) is 0 Å². The predicted molar refractivity (Wildman–Crippen MR) is 43.6 cm³/mol. The van der Waals surface area contributed by atoms with Crippen molar-refractivity contribution in [1.82, 2.24) is 10.2 Å².